The van der Waals surface area contributed by atoms with Crippen LogP contribution in [0.1, 0.15) is 18.0 Å². The van der Waals surface area contributed by atoms with E-state index >= 15 is 0 Å². The fourth-order valence-electron chi connectivity index (χ4n) is 1.06. The van der Waals surface area contributed by atoms with Crippen molar-refractivity contribution in [2.45, 2.75) is 18.4 Å². The first kappa shape index (κ1) is 5.80. The van der Waals surface area contributed by atoms with Crippen molar-refractivity contribution in [3.63, 3.8) is 0 Å². The lowest BCUT2D eigenvalue weighted by atomic mass is 10.3. The van der Waals surface area contributed by atoms with Gasteiger partial charge in [0.05, 0.1) is 5.69 Å². The Labute approximate surface area is 59.3 Å². The van der Waals surface area contributed by atoms with Crippen molar-refractivity contribution in [2.75, 3.05) is 0 Å². The van der Waals surface area contributed by atoms with Crippen molar-refractivity contribution < 1.29 is 0 Å². The van der Waals surface area contributed by atoms with Gasteiger partial charge in [-0.1, -0.05) is 0 Å². The molecule has 1 aromatic heterocycles. The van der Waals surface area contributed by atoms with Gasteiger partial charge in [-0.15, -0.1) is 0 Å². The Balaban J connectivity index is 2.20. The molecule has 2 atom stereocenters. The van der Waals surface area contributed by atoms with E-state index < -0.39 is 0 Å². The second-order valence-corrected chi connectivity index (χ2v) is 2.64. The van der Waals surface area contributed by atoms with Crippen LogP contribution in [0, 0.1) is 0 Å². The molecule has 0 spiro atoms. The standard InChI is InChI=1S/C7H9N3/c8-6-3-5(6)7-4-9-1-2-10-7/h1-2,4-6H,3,8H2. The van der Waals surface area contributed by atoms with Gasteiger partial charge in [-0.2, -0.15) is 0 Å². The van der Waals surface area contributed by atoms with E-state index in [0.29, 0.717) is 12.0 Å². The van der Waals surface area contributed by atoms with Crippen molar-refractivity contribution in [1.29, 1.82) is 0 Å². The average molecular weight is 135 g/mol. The molecule has 2 N–H and O–H groups in total. The number of aromatic nitrogens is 2. The lowest BCUT2D eigenvalue weighted by Gasteiger charge is -1.92. The normalized spacial score (nSPS) is 30.1. The Kier molecular flexibility index (Phi) is 1.17. The number of nitrogens with two attached hydrogens (primary N) is 1. The summed E-state index contributed by atoms with van der Waals surface area (Å²) in [5, 5.41) is 0. The minimum Gasteiger partial charge on any atom is -0.327 e. The van der Waals surface area contributed by atoms with E-state index in [1.165, 1.54) is 0 Å². The number of rotatable bonds is 1. The molecule has 10 heavy (non-hydrogen) atoms. The summed E-state index contributed by atoms with van der Waals surface area (Å²) >= 11 is 0. The minimum atomic E-state index is 0.330. The number of hydrogen-bond acceptors (Lipinski definition) is 3. The van der Waals surface area contributed by atoms with Gasteiger partial charge in [0.25, 0.3) is 0 Å². The van der Waals surface area contributed by atoms with Crippen LogP contribution >= 0.6 is 0 Å². The highest BCUT2D eigenvalue weighted by atomic mass is 14.8. The summed E-state index contributed by atoms with van der Waals surface area (Å²) in [4.78, 5) is 8.11. The Hall–Kier alpha value is -0.960. The quantitative estimate of drug-likeness (QED) is 0.602. The first-order chi connectivity index (χ1) is 4.88. The molecule has 3 nitrogen and oxygen atoms in total. The molecule has 0 aliphatic heterocycles. The summed E-state index contributed by atoms with van der Waals surface area (Å²) in [6, 6.07) is 0.330. The Morgan fingerprint density at radius 1 is 1.50 bits per heavy atom. The maximum atomic E-state index is 5.63. The van der Waals surface area contributed by atoms with Crippen LogP contribution in [0.5, 0.6) is 0 Å². The summed E-state index contributed by atoms with van der Waals surface area (Å²) in [6.07, 6.45) is 6.24. The van der Waals surface area contributed by atoms with Gasteiger partial charge in [-0.05, 0) is 6.42 Å². The molecule has 1 aliphatic carbocycles. The van der Waals surface area contributed by atoms with Crippen LogP contribution in [-0.4, -0.2) is 16.0 Å². The zero-order valence-corrected chi connectivity index (χ0v) is 5.57. The van der Waals surface area contributed by atoms with Gasteiger partial charge in [0.15, 0.2) is 0 Å². The van der Waals surface area contributed by atoms with Crippen molar-refractivity contribution in [2.24, 2.45) is 5.73 Å². The SMILES string of the molecule is NC1CC1c1cnccn1. The highest BCUT2D eigenvalue weighted by Crippen LogP contribution is 2.36. The monoisotopic (exact) mass is 135 g/mol. The fourth-order valence-corrected chi connectivity index (χ4v) is 1.06. The largest absolute Gasteiger partial charge is 0.327 e. The molecule has 1 aromatic rings. The summed E-state index contributed by atoms with van der Waals surface area (Å²) in [5.74, 6) is 0.480. The van der Waals surface area contributed by atoms with Gasteiger partial charge in [-0.3, -0.25) is 9.97 Å². The summed E-state index contributed by atoms with van der Waals surface area (Å²) in [5.41, 5.74) is 6.67. The van der Waals surface area contributed by atoms with Crippen LogP contribution in [0.2, 0.25) is 0 Å². The zero-order chi connectivity index (χ0) is 6.97. The summed E-state index contributed by atoms with van der Waals surface area (Å²) < 4.78 is 0. The van der Waals surface area contributed by atoms with Crippen molar-refractivity contribution in [3.8, 4) is 0 Å². The van der Waals surface area contributed by atoms with Gasteiger partial charge in [0.2, 0.25) is 0 Å². The molecule has 52 valence electrons. The highest BCUT2D eigenvalue weighted by molar-refractivity contribution is 5.16. The average Bonchev–Trinajstić information content (AvgIpc) is 2.69. The Morgan fingerprint density at radius 2 is 2.30 bits per heavy atom. The van der Waals surface area contributed by atoms with Crippen LogP contribution in [0.25, 0.3) is 0 Å². The smallest absolute Gasteiger partial charge is 0.0633 e. The van der Waals surface area contributed by atoms with E-state index in [4.69, 9.17) is 5.73 Å². The van der Waals surface area contributed by atoms with Crippen LogP contribution in [0.15, 0.2) is 18.6 Å². The number of hydrogen-bond donors (Lipinski definition) is 1. The van der Waals surface area contributed by atoms with Crippen molar-refractivity contribution in [3.05, 3.63) is 24.3 Å². The predicted molar refractivity (Wildman–Crippen MR) is 37.4 cm³/mol. The second kappa shape index (κ2) is 2.02. The molecule has 0 bridgehead atoms. The van der Waals surface area contributed by atoms with Crippen LogP contribution in [-0.2, 0) is 0 Å². The molecule has 0 amide bonds. The molecule has 0 saturated heterocycles. The minimum absolute atomic E-state index is 0.330. The van der Waals surface area contributed by atoms with E-state index in [2.05, 4.69) is 9.97 Å². The van der Waals surface area contributed by atoms with Gasteiger partial charge < -0.3 is 5.73 Å². The van der Waals surface area contributed by atoms with E-state index in [1.807, 2.05) is 0 Å². The summed E-state index contributed by atoms with van der Waals surface area (Å²) in [6.45, 7) is 0. The predicted octanol–water partition coefficient (Wildman–Crippen LogP) is 0.291. The lowest BCUT2D eigenvalue weighted by molar-refractivity contribution is 0.928. The topological polar surface area (TPSA) is 51.8 Å². The van der Waals surface area contributed by atoms with Gasteiger partial charge in [0, 0.05) is 30.6 Å². The lowest BCUT2D eigenvalue weighted by Crippen LogP contribution is -2.02. The fraction of sp³-hybridized carbons (Fsp3) is 0.429. The third kappa shape index (κ3) is 0.885. The van der Waals surface area contributed by atoms with Gasteiger partial charge in [-0.25, -0.2) is 0 Å². The molecule has 1 heterocycles. The van der Waals surface area contributed by atoms with Gasteiger partial charge >= 0.3 is 0 Å². The molecule has 1 aliphatic rings. The van der Waals surface area contributed by atoms with Gasteiger partial charge in [0.1, 0.15) is 0 Å². The molecular weight excluding hydrogens is 126 g/mol. The third-order valence-electron chi connectivity index (χ3n) is 1.80. The Morgan fingerprint density at radius 3 is 2.80 bits per heavy atom. The van der Waals surface area contributed by atoms with E-state index in [-0.39, 0.29) is 0 Å². The van der Waals surface area contributed by atoms with E-state index in [0.717, 1.165) is 12.1 Å². The maximum Gasteiger partial charge on any atom is 0.0633 e. The molecule has 0 radical (unpaired) electrons. The first-order valence-corrected chi connectivity index (χ1v) is 3.39. The highest BCUT2D eigenvalue weighted by Gasteiger charge is 2.35. The third-order valence-corrected chi connectivity index (χ3v) is 1.80. The van der Waals surface area contributed by atoms with Crippen molar-refractivity contribution >= 4 is 0 Å². The van der Waals surface area contributed by atoms with Crippen LogP contribution < -0.4 is 5.73 Å². The molecule has 3 heteroatoms. The molecule has 1 fully saturated rings. The van der Waals surface area contributed by atoms with Crippen LogP contribution in [0.4, 0.5) is 0 Å². The molecule has 2 unspecified atom stereocenters. The van der Waals surface area contributed by atoms with E-state index in [1.54, 1.807) is 18.6 Å². The second-order valence-electron chi connectivity index (χ2n) is 2.64. The molecule has 2 rings (SSSR count). The number of nitrogens with zero attached hydrogens (tertiary/aromatic N) is 2. The maximum absolute atomic E-state index is 5.63. The first-order valence-electron chi connectivity index (χ1n) is 3.39. The summed E-state index contributed by atoms with van der Waals surface area (Å²) in [7, 11) is 0. The Bertz CT molecular complexity index is 222. The van der Waals surface area contributed by atoms with Crippen LogP contribution in [0.3, 0.4) is 0 Å². The zero-order valence-electron chi connectivity index (χ0n) is 5.57. The van der Waals surface area contributed by atoms with Crippen molar-refractivity contribution in [1.82, 2.24) is 9.97 Å². The van der Waals surface area contributed by atoms with E-state index in [9.17, 15) is 0 Å². The molecular formula is C7H9N3. The molecule has 1 saturated carbocycles. The molecule has 0 aromatic carbocycles.